The fourth-order valence-corrected chi connectivity index (χ4v) is 2.84. The van der Waals surface area contributed by atoms with Crippen molar-refractivity contribution in [3.05, 3.63) is 63.9 Å². The Morgan fingerprint density at radius 2 is 2.04 bits per heavy atom. The van der Waals surface area contributed by atoms with Crippen LogP contribution in [0.3, 0.4) is 0 Å². The Kier molecular flexibility index (Phi) is 5.74. The first kappa shape index (κ1) is 17.4. The first-order valence-corrected chi connectivity index (χ1v) is 8.06. The lowest BCUT2D eigenvalue weighted by Crippen LogP contribution is -2.51. The molecular formula is C18H21ClN2O2. The van der Waals surface area contributed by atoms with Gasteiger partial charge in [0.1, 0.15) is 11.2 Å². The van der Waals surface area contributed by atoms with Crippen molar-refractivity contribution in [2.45, 2.75) is 38.6 Å². The summed E-state index contributed by atoms with van der Waals surface area (Å²) in [5.74, 6) is -0.891. The van der Waals surface area contributed by atoms with E-state index in [0.29, 0.717) is 12.0 Å². The van der Waals surface area contributed by atoms with Crippen LogP contribution in [0.1, 0.15) is 59.4 Å². The van der Waals surface area contributed by atoms with Crippen molar-refractivity contribution >= 4 is 17.6 Å². The fraction of sp³-hybridized carbons (Fsp3) is 0.333. The summed E-state index contributed by atoms with van der Waals surface area (Å²) in [7, 11) is 0. The topological polar surface area (TPSA) is 80.7 Å². The average Bonchev–Trinajstić information content (AvgIpc) is 2.88. The van der Waals surface area contributed by atoms with Gasteiger partial charge in [0.25, 0.3) is 0 Å². The molecule has 1 aliphatic rings. The number of aromatic carboxylic acids is 1. The second kappa shape index (κ2) is 7.57. The van der Waals surface area contributed by atoms with Crippen LogP contribution in [0.5, 0.6) is 0 Å². The molecule has 0 fully saturated rings. The maximum Gasteiger partial charge on any atom is 0.138 e. The molecule has 23 heavy (non-hydrogen) atoms. The van der Waals surface area contributed by atoms with E-state index < -0.39 is 5.97 Å². The minimum absolute atomic E-state index is 0.000772. The second-order valence-corrected chi connectivity index (χ2v) is 6.26. The first-order chi connectivity index (χ1) is 10.9. The molecule has 2 aromatic rings. The molecule has 0 spiro atoms. The number of rotatable bonds is 2. The largest absolute Gasteiger partial charge is 0.545 e. The van der Waals surface area contributed by atoms with E-state index in [1.807, 2.05) is 18.2 Å². The van der Waals surface area contributed by atoms with Crippen molar-refractivity contribution in [2.75, 3.05) is 0 Å². The summed E-state index contributed by atoms with van der Waals surface area (Å²) < 4.78 is 0. The molecule has 1 heterocycles. The molecule has 1 aromatic carbocycles. The number of carbonyl (C=O) groups is 1. The molecule has 0 radical (unpaired) electrons. The smallest absolute Gasteiger partial charge is 0.138 e. The molecule has 0 saturated heterocycles. The highest BCUT2D eigenvalue weighted by atomic mass is 35.5. The minimum Gasteiger partial charge on any atom is -0.545 e. The molecule has 0 bridgehead atoms. The number of pyridine rings is 1. The van der Waals surface area contributed by atoms with E-state index in [2.05, 4.69) is 36.7 Å². The zero-order valence-corrected chi connectivity index (χ0v) is 14.1. The van der Waals surface area contributed by atoms with Crippen molar-refractivity contribution in [2.24, 2.45) is 0 Å². The Balaban J connectivity index is 0.000000185. The summed E-state index contributed by atoms with van der Waals surface area (Å²) in [6.07, 6.45) is 1.89. The number of hydrogen-bond acceptors (Lipinski definition) is 3. The van der Waals surface area contributed by atoms with Gasteiger partial charge in [0.15, 0.2) is 0 Å². The zero-order chi connectivity index (χ0) is 17.0. The molecule has 3 rings (SSSR count). The fourth-order valence-electron chi connectivity index (χ4n) is 2.60. The summed E-state index contributed by atoms with van der Waals surface area (Å²) in [6, 6.07) is 12.3. The third-order valence-corrected chi connectivity index (χ3v) is 4.31. The van der Waals surface area contributed by atoms with E-state index in [9.17, 15) is 9.90 Å². The molecule has 0 aliphatic heterocycles. The molecule has 1 aromatic heterocycles. The summed E-state index contributed by atoms with van der Waals surface area (Å²) in [6.45, 7) is 4.15. The third kappa shape index (κ3) is 4.30. The number of hydrogen-bond donors (Lipinski definition) is 1. The lowest BCUT2D eigenvalue weighted by Gasteiger charge is -2.09. The average molecular weight is 333 g/mol. The second-order valence-electron chi connectivity index (χ2n) is 5.90. The Bertz CT molecular complexity index is 687. The number of aromatic nitrogens is 1. The number of carboxylic acids is 1. The Labute approximate surface area is 141 Å². The number of benzene rings is 1. The summed E-state index contributed by atoms with van der Waals surface area (Å²) in [5, 5.41) is 10.7. The van der Waals surface area contributed by atoms with E-state index in [-0.39, 0.29) is 10.7 Å². The molecule has 0 amide bonds. The van der Waals surface area contributed by atoms with Gasteiger partial charge in [0.2, 0.25) is 0 Å². The normalized spacial score (nSPS) is 17.0. The van der Waals surface area contributed by atoms with Gasteiger partial charge >= 0.3 is 0 Å². The van der Waals surface area contributed by atoms with Crippen LogP contribution in [0.25, 0.3) is 0 Å². The molecule has 5 heteroatoms. The van der Waals surface area contributed by atoms with Gasteiger partial charge in [0.05, 0.1) is 5.97 Å². The molecule has 1 aliphatic carbocycles. The van der Waals surface area contributed by atoms with Gasteiger partial charge in [-0.2, -0.15) is 0 Å². The molecule has 4 nitrogen and oxygen atoms in total. The highest BCUT2D eigenvalue weighted by Gasteiger charge is 2.21. The molecule has 0 unspecified atom stereocenters. The Hall–Kier alpha value is -1.91. The highest BCUT2D eigenvalue weighted by molar-refractivity contribution is 6.32. The Morgan fingerprint density at radius 1 is 1.39 bits per heavy atom. The van der Waals surface area contributed by atoms with Gasteiger partial charge in [-0.25, -0.2) is 4.98 Å². The number of quaternary nitrogens is 1. The van der Waals surface area contributed by atoms with Crippen LogP contribution < -0.4 is 10.8 Å². The van der Waals surface area contributed by atoms with Crippen molar-refractivity contribution in [1.82, 2.24) is 4.98 Å². The van der Waals surface area contributed by atoms with E-state index in [4.69, 9.17) is 11.6 Å². The minimum atomic E-state index is -1.26. The molecule has 3 N–H and O–H groups in total. The van der Waals surface area contributed by atoms with Crippen molar-refractivity contribution in [1.29, 1.82) is 0 Å². The molecule has 2 atom stereocenters. The first-order valence-electron chi connectivity index (χ1n) is 7.68. The monoisotopic (exact) mass is 332 g/mol. The van der Waals surface area contributed by atoms with Crippen LogP contribution in [-0.4, -0.2) is 11.0 Å². The number of carboxylic acid groups (broad SMARTS) is 1. The van der Waals surface area contributed by atoms with Gasteiger partial charge in [-0.3, -0.25) is 0 Å². The predicted octanol–water partition coefficient (Wildman–Crippen LogP) is 2.14. The lowest BCUT2D eigenvalue weighted by molar-refractivity contribution is -0.420. The van der Waals surface area contributed by atoms with Gasteiger partial charge in [-0.05, 0) is 37.3 Å². The van der Waals surface area contributed by atoms with Gasteiger partial charge in [0, 0.05) is 16.8 Å². The third-order valence-electron chi connectivity index (χ3n) is 4.02. The van der Waals surface area contributed by atoms with Crippen molar-refractivity contribution in [3.63, 3.8) is 0 Å². The van der Waals surface area contributed by atoms with Gasteiger partial charge in [-0.1, -0.05) is 48.9 Å². The quantitative estimate of drug-likeness (QED) is 0.855. The number of fused-ring (bicyclic) bond motifs is 1. The van der Waals surface area contributed by atoms with Crippen LogP contribution in [0.15, 0.2) is 36.4 Å². The maximum absolute atomic E-state index is 10.7. The molecule has 122 valence electrons. The number of aryl methyl sites for hydroxylation is 1. The van der Waals surface area contributed by atoms with Crippen LogP contribution in [0, 0.1) is 0 Å². The van der Waals surface area contributed by atoms with E-state index in [1.54, 1.807) is 6.07 Å². The van der Waals surface area contributed by atoms with Crippen LogP contribution >= 0.6 is 11.6 Å². The van der Waals surface area contributed by atoms with Crippen LogP contribution in [0.4, 0.5) is 0 Å². The molecule has 0 saturated carbocycles. The Morgan fingerprint density at radius 3 is 2.57 bits per heavy atom. The lowest BCUT2D eigenvalue weighted by atomic mass is 10.0. The van der Waals surface area contributed by atoms with E-state index in [0.717, 1.165) is 24.1 Å². The standard InChI is InChI=1S/C10H10ClNO2.C8H11N/c1-5-2-3-8-6(5)4-7(10(13)14)9(11)12-8;1-7(9)8-5-3-2-4-6-8/h4-5H,2-3H2,1H3,(H,13,14);2-7H,9H2,1H3/t5-;7-/m00/s1. The van der Waals surface area contributed by atoms with Crippen molar-refractivity contribution < 1.29 is 15.6 Å². The number of halogens is 1. The zero-order valence-electron chi connectivity index (χ0n) is 13.4. The summed E-state index contributed by atoms with van der Waals surface area (Å²) in [4.78, 5) is 14.8. The SMILES string of the molecule is C[C@H]([NH3+])c1ccccc1.C[C@H]1CCc2nc(Cl)c(C(=O)[O-])cc21. The van der Waals surface area contributed by atoms with E-state index in [1.165, 1.54) is 5.56 Å². The van der Waals surface area contributed by atoms with Gasteiger partial charge < -0.3 is 15.6 Å². The summed E-state index contributed by atoms with van der Waals surface area (Å²) in [5.41, 5.74) is 7.13. The van der Waals surface area contributed by atoms with Crippen LogP contribution in [-0.2, 0) is 6.42 Å². The number of carbonyl (C=O) groups excluding carboxylic acids is 1. The van der Waals surface area contributed by atoms with Crippen LogP contribution in [0.2, 0.25) is 5.15 Å². The van der Waals surface area contributed by atoms with Crippen molar-refractivity contribution in [3.8, 4) is 0 Å². The summed E-state index contributed by atoms with van der Waals surface area (Å²) >= 11 is 5.72. The highest BCUT2D eigenvalue weighted by Crippen LogP contribution is 2.33. The predicted molar refractivity (Wildman–Crippen MR) is 88.1 cm³/mol. The number of nitrogens with zero attached hydrogens (tertiary/aromatic N) is 1. The molecular weight excluding hydrogens is 312 g/mol. The van der Waals surface area contributed by atoms with Gasteiger partial charge in [-0.15, -0.1) is 0 Å². The maximum atomic E-state index is 10.7. The van der Waals surface area contributed by atoms with E-state index >= 15 is 0 Å².